The summed E-state index contributed by atoms with van der Waals surface area (Å²) in [5.41, 5.74) is 8.31. The van der Waals surface area contributed by atoms with Gasteiger partial charge in [-0.15, -0.1) is 0 Å². The number of amides is 2. The zero-order chi connectivity index (χ0) is 17.7. The first-order chi connectivity index (χ1) is 12.0. The molecule has 2 aliphatic rings. The van der Waals surface area contributed by atoms with E-state index in [-0.39, 0.29) is 17.6 Å². The topological polar surface area (TPSA) is 63.4 Å². The fourth-order valence-corrected chi connectivity index (χ4v) is 3.93. The predicted molar refractivity (Wildman–Crippen MR) is 92.2 cm³/mol. The van der Waals surface area contributed by atoms with Crippen molar-refractivity contribution in [3.63, 3.8) is 0 Å². The second-order valence-corrected chi connectivity index (χ2v) is 7.02. The minimum absolute atomic E-state index is 0.199. The summed E-state index contributed by atoms with van der Waals surface area (Å²) in [4.78, 5) is 26.6. The summed E-state index contributed by atoms with van der Waals surface area (Å²) in [7, 11) is 0. The smallest absolute Gasteiger partial charge is 0.255 e. The summed E-state index contributed by atoms with van der Waals surface area (Å²) in [6.45, 7) is 2.49. The lowest BCUT2D eigenvalue weighted by Crippen LogP contribution is -2.46. The van der Waals surface area contributed by atoms with Gasteiger partial charge in [0.25, 0.3) is 5.91 Å². The summed E-state index contributed by atoms with van der Waals surface area (Å²) in [5.74, 6) is -0.433. The van der Waals surface area contributed by atoms with Gasteiger partial charge in [-0.2, -0.15) is 0 Å². The molecule has 0 spiro atoms. The van der Waals surface area contributed by atoms with Crippen LogP contribution in [-0.4, -0.2) is 29.3 Å². The molecule has 0 bridgehead atoms. The third-order valence-electron chi connectivity index (χ3n) is 5.24. The number of carbonyl (C=O) groups is 2. The Balaban J connectivity index is 1.75. The second-order valence-electron chi connectivity index (χ2n) is 7.02. The van der Waals surface area contributed by atoms with E-state index in [1.54, 1.807) is 23.1 Å². The molecule has 2 fully saturated rings. The van der Waals surface area contributed by atoms with Crippen molar-refractivity contribution in [3.8, 4) is 11.1 Å². The number of primary amides is 1. The van der Waals surface area contributed by atoms with Crippen LogP contribution in [0.3, 0.4) is 0 Å². The molecule has 0 aromatic heterocycles. The van der Waals surface area contributed by atoms with Crippen LogP contribution in [0, 0.1) is 24.6 Å². The fraction of sp³-hybridized carbons (Fsp3) is 0.300. The van der Waals surface area contributed by atoms with Crippen molar-refractivity contribution < 1.29 is 14.0 Å². The van der Waals surface area contributed by atoms with Gasteiger partial charge in [-0.05, 0) is 54.5 Å². The molecule has 4 rings (SSSR count). The maximum absolute atomic E-state index is 13.7. The molecule has 2 N–H and O–H groups in total. The highest BCUT2D eigenvalue weighted by molar-refractivity contribution is 6.03. The van der Waals surface area contributed by atoms with Crippen molar-refractivity contribution >= 4 is 11.8 Å². The summed E-state index contributed by atoms with van der Waals surface area (Å²) < 4.78 is 13.7. The monoisotopic (exact) mass is 338 g/mol. The number of hydrogen-bond donors (Lipinski definition) is 1. The van der Waals surface area contributed by atoms with Gasteiger partial charge in [0.05, 0.1) is 0 Å². The van der Waals surface area contributed by atoms with E-state index in [1.165, 1.54) is 12.1 Å². The molecule has 1 saturated carbocycles. The normalized spacial score (nSPS) is 24.1. The highest BCUT2D eigenvalue weighted by Crippen LogP contribution is 2.50. The Kier molecular flexibility index (Phi) is 3.60. The first-order valence-corrected chi connectivity index (χ1v) is 8.42. The van der Waals surface area contributed by atoms with E-state index in [2.05, 4.69) is 0 Å². The van der Waals surface area contributed by atoms with Gasteiger partial charge in [0, 0.05) is 12.1 Å². The molecule has 1 aliphatic carbocycles. The Bertz CT molecular complexity index is 880. The van der Waals surface area contributed by atoms with Crippen LogP contribution in [0.5, 0.6) is 0 Å². The molecule has 2 aromatic carbocycles. The molecule has 4 nitrogen and oxygen atoms in total. The first kappa shape index (κ1) is 15.8. The molecule has 128 valence electrons. The summed E-state index contributed by atoms with van der Waals surface area (Å²) >= 11 is 0. The van der Waals surface area contributed by atoms with Gasteiger partial charge in [0.2, 0.25) is 5.91 Å². The van der Waals surface area contributed by atoms with Crippen molar-refractivity contribution in [2.45, 2.75) is 19.4 Å². The molecule has 0 radical (unpaired) electrons. The SMILES string of the molecule is Cc1ccc(C(=O)N2C[C@H]3C[C@H]3[C@H]2C(N)=O)c(-c2cccc(F)c2)c1. The Morgan fingerprint density at radius 1 is 1.20 bits per heavy atom. The van der Waals surface area contributed by atoms with E-state index < -0.39 is 11.9 Å². The number of aryl methyl sites for hydroxylation is 1. The molecule has 25 heavy (non-hydrogen) atoms. The molecule has 1 saturated heterocycles. The number of halogens is 1. The number of benzene rings is 2. The number of hydrogen-bond acceptors (Lipinski definition) is 2. The van der Waals surface area contributed by atoms with Crippen LogP contribution in [0.4, 0.5) is 4.39 Å². The highest BCUT2D eigenvalue weighted by atomic mass is 19.1. The molecular weight excluding hydrogens is 319 g/mol. The van der Waals surface area contributed by atoms with E-state index >= 15 is 0 Å². The standard InChI is InChI=1S/C20H19FN2O2/c1-11-5-6-15(16(7-11)12-3-2-4-14(21)8-12)20(25)23-10-13-9-17(13)18(23)19(22)24/h2-8,13,17-18H,9-10H2,1H3,(H2,22,24)/t13-,17-,18+/m1/s1. The summed E-state index contributed by atoms with van der Waals surface area (Å²) in [5, 5.41) is 0. The average Bonchev–Trinajstić information content (AvgIpc) is 3.23. The van der Waals surface area contributed by atoms with Crippen molar-refractivity contribution in [2.24, 2.45) is 17.6 Å². The third kappa shape index (κ3) is 2.69. The lowest BCUT2D eigenvalue weighted by molar-refractivity contribution is -0.122. The van der Waals surface area contributed by atoms with Crippen LogP contribution in [0.1, 0.15) is 22.3 Å². The van der Waals surface area contributed by atoms with E-state index in [0.717, 1.165) is 12.0 Å². The van der Waals surface area contributed by atoms with Gasteiger partial charge in [-0.25, -0.2) is 4.39 Å². The van der Waals surface area contributed by atoms with Crippen LogP contribution >= 0.6 is 0 Å². The molecule has 5 heteroatoms. The van der Waals surface area contributed by atoms with Crippen LogP contribution in [0.25, 0.3) is 11.1 Å². The van der Waals surface area contributed by atoms with Crippen LogP contribution in [0.15, 0.2) is 42.5 Å². The summed E-state index contributed by atoms with van der Waals surface area (Å²) in [6.07, 6.45) is 0.960. The Labute approximate surface area is 145 Å². The molecule has 3 atom stereocenters. The largest absolute Gasteiger partial charge is 0.368 e. The minimum atomic E-state index is -0.529. The lowest BCUT2D eigenvalue weighted by Gasteiger charge is -2.26. The molecular formula is C20H19FN2O2. The predicted octanol–water partition coefficient (Wildman–Crippen LogP) is 2.75. The number of carbonyl (C=O) groups excluding carboxylic acids is 2. The lowest BCUT2D eigenvalue weighted by atomic mass is 9.96. The molecule has 2 amide bonds. The molecule has 1 aliphatic heterocycles. The van der Waals surface area contributed by atoms with Gasteiger partial charge in [0.15, 0.2) is 0 Å². The average molecular weight is 338 g/mol. The molecule has 1 heterocycles. The zero-order valence-electron chi connectivity index (χ0n) is 13.9. The number of fused-ring (bicyclic) bond motifs is 1. The maximum atomic E-state index is 13.7. The number of likely N-dealkylation sites (tertiary alicyclic amines) is 1. The van der Waals surface area contributed by atoms with Crippen LogP contribution in [-0.2, 0) is 4.79 Å². The van der Waals surface area contributed by atoms with Crippen molar-refractivity contribution in [1.29, 1.82) is 0 Å². The van der Waals surface area contributed by atoms with Crippen molar-refractivity contribution in [3.05, 3.63) is 59.4 Å². The van der Waals surface area contributed by atoms with Gasteiger partial charge in [-0.1, -0.05) is 29.8 Å². The van der Waals surface area contributed by atoms with Gasteiger partial charge < -0.3 is 10.6 Å². The van der Waals surface area contributed by atoms with Crippen LogP contribution in [0.2, 0.25) is 0 Å². The van der Waals surface area contributed by atoms with E-state index in [0.29, 0.717) is 29.2 Å². The Morgan fingerprint density at radius 2 is 2.00 bits per heavy atom. The highest BCUT2D eigenvalue weighted by Gasteiger charge is 2.56. The van der Waals surface area contributed by atoms with Crippen LogP contribution < -0.4 is 5.73 Å². The molecule has 0 unspecified atom stereocenters. The van der Waals surface area contributed by atoms with Crippen molar-refractivity contribution in [2.75, 3.05) is 6.54 Å². The minimum Gasteiger partial charge on any atom is -0.368 e. The second kappa shape index (κ2) is 5.69. The van der Waals surface area contributed by atoms with E-state index in [9.17, 15) is 14.0 Å². The quantitative estimate of drug-likeness (QED) is 0.935. The summed E-state index contributed by atoms with van der Waals surface area (Å²) in [6, 6.07) is 11.1. The van der Waals surface area contributed by atoms with Gasteiger partial charge in [-0.3, -0.25) is 9.59 Å². The van der Waals surface area contributed by atoms with Gasteiger partial charge in [0.1, 0.15) is 11.9 Å². The third-order valence-corrected chi connectivity index (χ3v) is 5.24. The van der Waals surface area contributed by atoms with E-state index in [4.69, 9.17) is 5.73 Å². The zero-order valence-corrected chi connectivity index (χ0v) is 13.9. The Hall–Kier alpha value is -2.69. The van der Waals surface area contributed by atoms with E-state index in [1.807, 2.05) is 19.1 Å². The number of nitrogens with zero attached hydrogens (tertiary/aromatic N) is 1. The number of nitrogens with two attached hydrogens (primary N) is 1. The maximum Gasteiger partial charge on any atom is 0.255 e. The van der Waals surface area contributed by atoms with Crippen molar-refractivity contribution in [1.82, 2.24) is 4.90 Å². The molecule has 2 aromatic rings. The first-order valence-electron chi connectivity index (χ1n) is 8.42. The number of piperidine rings is 1. The Morgan fingerprint density at radius 3 is 2.72 bits per heavy atom. The van der Waals surface area contributed by atoms with Gasteiger partial charge >= 0.3 is 0 Å². The fourth-order valence-electron chi connectivity index (χ4n) is 3.93. The number of rotatable bonds is 3.